The number of rotatable bonds is 3. The van der Waals surface area contributed by atoms with Crippen LogP contribution in [0.1, 0.15) is 20.8 Å². The SMILES string of the molecule is CC(=S)N1CCN(CC(=O)N2CC(C(C)C)C2)CC1. The number of thiocarbonyl (C=S) groups is 1. The van der Waals surface area contributed by atoms with E-state index in [1.54, 1.807) is 0 Å². The minimum absolute atomic E-state index is 0.296. The van der Waals surface area contributed by atoms with Gasteiger partial charge in [0.15, 0.2) is 0 Å². The molecule has 0 aliphatic carbocycles. The van der Waals surface area contributed by atoms with Gasteiger partial charge in [0.1, 0.15) is 0 Å². The first kappa shape index (κ1) is 14.7. The number of carbonyl (C=O) groups is 1. The lowest BCUT2D eigenvalue weighted by atomic mass is 9.88. The topological polar surface area (TPSA) is 26.8 Å². The van der Waals surface area contributed by atoms with Gasteiger partial charge in [-0.15, -0.1) is 0 Å². The summed E-state index contributed by atoms with van der Waals surface area (Å²) in [6, 6.07) is 0. The van der Waals surface area contributed by atoms with Crippen molar-refractivity contribution in [1.29, 1.82) is 0 Å². The Hall–Kier alpha value is -0.680. The Labute approximate surface area is 121 Å². The van der Waals surface area contributed by atoms with E-state index in [0.29, 0.717) is 24.3 Å². The van der Waals surface area contributed by atoms with E-state index in [-0.39, 0.29) is 0 Å². The number of hydrogen-bond donors (Lipinski definition) is 0. The molecule has 0 aromatic rings. The van der Waals surface area contributed by atoms with Gasteiger partial charge in [-0.1, -0.05) is 26.1 Å². The lowest BCUT2D eigenvalue weighted by Crippen LogP contribution is -2.56. The van der Waals surface area contributed by atoms with Crippen molar-refractivity contribution >= 4 is 23.1 Å². The van der Waals surface area contributed by atoms with Crippen LogP contribution >= 0.6 is 12.2 Å². The van der Waals surface area contributed by atoms with Gasteiger partial charge in [0, 0.05) is 39.3 Å². The Balaban J connectivity index is 1.69. The lowest BCUT2D eigenvalue weighted by molar-refractivity contribution is -0.140. The Morgan fingerprint density at radius 1 is 1.16 bits per heavy atom. The van der Waals surface area contributed by atoms with Crippen LogP contribution in [0.2, 0.25) is 0 Å². The van der Waals surface area contributed by atoms with Crippen molar-refractivity contribution < 1.29 is 4.79 Å². The molecule has 2 aliphatic rings. The molecule has 1 amide bonds. The van der Waals surface area contributed by atoms with Crippen molar-refractivity contribution in [1.82, 2.24) is 14.7 Å². The van der Waals surface area contributed by atoms with Crippen LogP contribution in [0.5, 0.6) is 0 Å². The molecular formula is C14H25N3OS. The van der Waals surface area contributed by atoms with Gasteiger partial charge in [-0.2, -0.15) is 0 Å². The van der Waals surface area contributed by atoms with Gasteiger partial charge >= 0.3 is 0 Å². The van der Waals surface area contributed by atoms with Gasteiger partial charge < -0.3 is 9.80 Å². The first-order valence-electron chi connectivity index (χ1n) is 7.23. The van der Waals surface area contributed by atoms with E-state index in [2.05, 4.69) is 23.6 Å². The molecule has 0 unspecified atom stereocenters. The maximum absolute atomic E-state index is 12.1. The maximum atomic E-state index is 12.1. The standard InChI is InChI=1S/C14H25N3OS/c1-11(2)13-8-17(9-13)14(18)10-15-4-6-16(7-5-15)12(3)19/h11,13H,4-10H2,1-3H3. The van der Waals surface area contributed by atoms with E-state index in [0.717, 1.165) is 44.3 Å². The molecule has 108 valence electrons. The van der Waals surface area contributed by atoms with Crippen LogP contribution in [-0.4, -0.2) is 71.4 Å². The fourth-order valence-electron chi connectivity index (χ4n) is 2.65. The van der Waals surface area contributed by atoms with Gasteiger partial charge in [0.25, 0.3) is 0 Å². The molecule has 4 nitrogen and oxygen atoms in total. The fraction of sp³-hybridized carbons (Fsp3) is 0.857. The smallest absolute Gasteiger partial charge is 0.236 e. The fourth-order valence-corrected chi connectivity index (χ4v) is 2.83. The number of likely N-dealkylation sites (tertiary alicyclic amines) is 1. The summed E-state index contributed by atoms with van der Waals surface area (Å²) in [5.41, 5.74) is 0. The Kier molecular flexibility index (Phi) is 4.79. The average Bonchev–Trinajstić information content (AvgIpc) is 2.26. The van der Waals surface area contributed by atoms with Gasteiger partial charge in [0.05, 0.1) is 11.5 Å². The number of hydrogen-bond acceptors (Lipinski definition) is 3. The molecule has 0 spiro atoms. The molecule has 0 saturated carbocycles. The van der Waals surface area contributed by atoms with E-state index in [4.69, 9.17) is 12.2 Å². The zero-order chi connectivity index (χ0) is 14.0. The second kappa shape index (κ2) is 6.18. The molecule has 0 atom stereocenters. The summed E-state index contributed by atoms with van der Waals surface area (Å²) < 4.78 is 0. The van der Waals surface area contributed by atoms with Gasteiger partial charge in [-0.25, -0.2) is 0 Å². The predicted molar refractivity (Wildman–Crippen MR) is 81.2 cm³/mol. The summed E-state index contributed by atoms with van der Waals surface area (Å²) in [6.07, 6.45) is 0. The molecule has 2 fully saturated rings. The third-order valence-electron chi connectivity index (χ3n) is 4.38. The van der Waals surface area contributed by atoms with Crippen molar-refractivity contribution in [2.75, 3.05) is 45.8 Å². The highest BCUT2D eigenvalue weighted by atomic mass is 32.1. The van der Waals surface area contributed by atoms with E-state index in [9.17, 15) is 4.79 Å². The third-order valence-corrected chi connectivity index (χ3v) is 4.64. The summed E-state index contributed by atoms with van der Waals surface area (Å²) in [5.74, 6) is 1.70. The second-order valence-corrected chi connectivity index (χ2v) is 6.68. The number of nitrogens with zero attached hydrogens (tertiary/aromatic N) is 3. The molecule has 19 heavy (non-hydrogen) atoms. The van der Waals surface area contributed by atoms with Crippen LogP contribution in [0.15, 0.2) is 0 Å². The highest BCUT2D eigenvalue weighted by Gasteiger charge is 2.33. The minimum atomic E-state index is 0.296. The zero-order valence-electron chi connectivity index (χ0n) is 12.3. The minimum Gasteiger partial charge on any atom is -0.364 e. The molecular weight excluding hydrogens is 258 g/mol. The molecule has 2 saturated heterocycles. The van der Waals surface area contributed by atoms with Gasteiger partial charge in [0.2, 0.25) is 5.91 Å². The molecule has 0 radical (unpaired) electrons. The third kappa shape index (κ3) is 3.66. The highest BCUT2D eigenvalue weighted by molar-refractivity contribution is 7.80. The molecule has 2 rings (SSSR count). The Morgan fingerprint density at radius 3 is 2.21 bits per heavy atom. The summed E-state index contributed by atoms with van der Waals surface area (Å²) in [6.45, 7) is 12.7. The van der Waals surface area contributed by atoms with Crippen LogP contribution in [-0.2, 0) is 4.79 Å². The summed E-state index contributed by atoms with van der Waals surface area (Å²) in [7, 11) is 0. The highest BCUT2D eigenvalue weighted by Crippen LogP contribution is 2.23. The normalized spacial score (nSPS) is 21.7. The second-order valence-electron chi connectivity index (χ2n) is 6.09. The van der Waals surface area contributed by atoms with Crippen molar-refractivity contribution in [2.45, 2.75) is 20.8 Å². The van der Waals surface area contributed by atoms with Crippen LogP contribution in [0, 0.1) is 11.8 Å². The molecule has 0 bridgehead atoms. The van der Waals surface area contributed by atoms with E-state index >= 15 is 0 Å². The Bertz CT molecular complexity index is 345. The summed E-state index contributed by atoms with van der Waals surface area (Å²) in [4.78, 5) is 19.6. The first-order valence-corrected chi connectivity index (χ1v) is 7.64. The van der Waals surface area contributed by atoms with E-state index < -0.39 is 0 Å². The van der Waals surface area contributed by atoms with Gasteiger partial charge in [-0.05, 0) is 18.8 Å². The Morgan fingerprint density at radius 2 is 1.74 bits per heavy atom. The number of carbonyl (C=O) groups excluding carboxylic acids is 1. The lowest BCUT2D eigenvalue weighted by Gasteiger charge is -2.43. The van der Waals surface area contributed by atoms with Crippen molar-refractivity contribution in [3.05, 3.63) is 0 Å². The monoisotopic (exact) mass is 283 g/mol. The maximum Gasteiger partial charge on any atom is 0.236 e. The molecule has 0 aromatic carbocycles. The van der Waals surface area contributed by atoms with Crippen molar-refractivity contribution in [3.8, 4) is 0 Å². The molecule has 2 aliphatic heterocycles. The van der Waals surface area contributed by atoms with E-state index in [1.165, 1.54) is 0 Å². The van der Waals surface area contributed by atoms with Gasteiger partial charge in [-0.3, -0.25) is 9.69 Å². The molecule has 5 heteroatoms. The van der Waals surface area contributed by atoms with Crippen LogP contribution in [0.25, 0.3) is 0 Å². The van der Waals surface area contributed by atoms with Crippen LogP contribution in [0.3, 0.4) is 0 Å². The van der Waals surface area contributed by atoms with E-state index in [1.807, 2.05) is 11.8 Å². The summed E-state index contributed by atoms with van der Waals surface area (Å²) in [5, 5.41) is 0. The molecule has 2 heterocycles. The summed E-state index contributed by atoms with van der Waals surface area (Å²) >= 11 is 5.18. The quantitative estimate of drug-likeness (QED) is 0.724. The largest absolute Gasteiger partial charge is 0.364 e. The van der Waals surface area contributed by atoms with Crippen LogP contribution < -0.4 is 0 Å². The first-order chi connectivity index (χ1) is 8.97. The predicted octanol–water partition coefficient (Wildman–Crippen LogP) is 1.07. The number of piperazine rings is 1. The molecule has 0 N–H and O–H groups in total. The zero-order valence-corrected chi connectivity index (χ0v) is 13.1. The average molecular weight is 283 g/mol. The number of amides is 1. The van der Waals surface area contributed by atoms with Crippen LogP contribution in [0.4, 0.5) is 0 Å². The molecule has 0 aromatic heterocycles. The van der Waals surface area contributed by atoms with Crippen molar-refractivity contribution in [2.24, 2.45) is 11.8 Å². The van der Waals surface area contributed by atoms with Crippen molar-refractivity contribution in [3.63, 3.8) is 0 Å².